The molecule has 2 N–H and O–H groups in total. The number of piperidine rings is 1. The zero-order valence-corrected chi connectivity index (χ0v) is 42.0. The molecule has 4 aliphatic carbocycles. The molecular formula is C52H69ClF2N4O8S. The first-order valence-corrected chi connectivity index (χ1v) is 26.4. The molecule has 7 fully saturated rings. The number of hydrogen-bond acceptors (Lipinski definition) is 12. The summed E-state index contributed by atoms with van der Waals surface area (Å²) in [6, 6.07) is 1.26. The van der Waals surface area contributed by atoms with Crippen LogP contribution in [0.15, 0.2) is 29.7 Å². The maximum atomic E-state index is 16.0. The number of carbonyl (C=O) groups excluding carboxylic acids is 4. The lowest BCUT2D eigenvalue weighted by Crippen LogP contribution is -2.59. The van der Waals surface area contributed by atoms with Crippen molar-refractivity contribution in [3.63, 3.8) is 0 Å². The average molecular weight is 984 g/mol. The van der Waals surface area contributed by atoms with Gasteiger partial charge in [0, 0.05) is 83.6 Å². The van der Waals surface area contributed by atoms with E-state index in [9.17, 15) is 28.4 Å². The molecule has 4 saturated carbocycles. The Morgan fingerprint density at radius 2 is 1.75 bits per heavy atom. The normalized spacial score (nSPS) is 35.7. The van der Waals surface area contributed by atoms with Gasteiger partial charge in [0.15, 0.2) is 0 Å². The summed E-state index contributed by atoms with van der Waals surface area (Å²) in [5.74, 6) is -3.25. The van der Waals surface area contributed by atoms with Crippen molar-refractivity contribution in [2.75, 3.05) is 37.4 Å². The van der Waals surface area contributed by atoms with Gasteiger partial charge in [-0.05, 0) is 76.3 Å². The van der Waals surface area contributed by atoms with Gasteiger partial charge in [-0.3, -0.25) is 19.2 Å². The number of rotatable bonds is 14. The summed E-state index contributed by atoms with van der Waals surface area (Å²) in [5.41, 5.74) is 3.05. The average Bonchev–Trinajstić information content (AvgIpc) is 4.16. The highest BCUT2D eigenvalue weighted by Gasteiger charge is 2.64. The molecule has 372 valence electrons. The highest BCUT2D eigenvalue weighted by atomic mass is 35.5. The third-order valence-electron chi connectivity index (χ3n) is 18.0. The fourth-order valence-corrected chi connectivity index (χ4v) is 15.4. The minimum atomic E-state index is -1.26. The number of fused-ring (bicyclic) bond motifs is 4. The zero-order valence-electron chi connectivity index (χ0n) is 40.5. The number of benzene rings is 1. The SMILES string of the molecule is C=C[C@@]1(C)C[C@H](OC(=O)CSC2CC3CCC(C2)N3C)C(C)(C)C2C(=O)CCC2(CCC)[C@H](C)[C@H]1OC(=O)CCOC(=O)c1cn(C2C[C@@H]2F)c2c(Cl)c(N3C[C@@H](N)C4(CC4)C3)c(F)cc2c1=O. The van der Waals surface area contributed by atoms with E-state index in [0.29, 0.717) is 49.7 Å². The molecule has 4 heterocycles. The molecule has 11 atom stereocenters. The number of hydrogen-bond donors (Lipinski definition) is 1. The molecular weight excluding hydrogens is 914 g/mol. The van der Waals surface area contributed by atoms with Gasteiger partial charge in [-0.15, -0.1) is 18.3 Å². The van der Waals surface area contributed by atoms with Crippen LogP contribution in [0.4, 0.5) is 14.5 Å². The first-order valence-electron chi connectivity index (χ1n) is 25.0. The fourth-order valence-electron chi connectivity index (χ4n) is 13.8. The molecule has 3 aliphatic heterocycles. The first-order chi connectivity index (χ1) is 32.2. The van der Waals surface area contributed by atoms with Crippen LogP contribution in [0.25, 0.3) is 10.9 Å². The number of pyridine rings is 1. The van der Waals surface area contributed by atoms with Gasteiger partial charge in [0.1, 0.15) is 42.2 Å². The Morgan fingerprint density at radius 1 is 1.06 bits per heavy atom. The van der Waals surface area contributed by atoms with Crippen LogP contribution in [0.3, 0.4) is 0 Å². The van der Waals surface area contributed by atoms with Gasteiger partial charge in [0.2, 0.25) is 5.43 Å². The van der Waals surface area contributed by atoms with Crippen LogP contribution in [0, 0.1) is 39.3 Å². The zero-order chi connectivity index (χ0) is 48.8. The highest BCUT2D eigenvalue weighted by molar-refractivity contribution is 8.00. The highest BCUT2D eigenvalue weighted by Crippen LogP contribution is 2.63. The van der Waals surface area contributed by atoms with Crippen molar-refractivity contribution in [2.24, 2.45) is 39.2 Å². The van der Waals surface area contributed by atoms with Crippen LogP contribution in [0.1, 0.15) is 134 Å². The van der Waals surface area contributed by atoms with E-state index in [4.69, 9.17) is 31.5 Å². The number of esters is 3. The predicted molar refractivity (Wildman–Crippen MR) is 259 cm³/mol. The van der Waals surface area contributed by atoms with E-state index < -0.39 is 81.9 Å². The number of nitrogens with zero attached hydrogens (tertiary/aromatic N) is 3. The standard InChI is InChI=1S/C52H69ClF2N4O8S/c1-8-14-52-15-12-37(60)46(52)49(4,5)39(66-41(62)26-68-31-19-29-10-11-30(20-31)57(29)7)23-50(6,9-2)47(28(52)3)67-40(61)13-18-65-48(64)33-24-59(36-22-34(36)54)43-32(45(33)63)21-35(55)44(42(43)53)58-25-38(56)51(27-58)16-17-51/h9,21,24,28-31,34,36,38-39,46-47H,2,8,10-20,22-23,25-27,56H2,1,3-7H3/t28-,29?,30?,31?,34+,36?,38-,39+,46?,47-,50+,52?/m1/s1. The van der Waals surface area contributed by atoms with E-state index in [0.717, 1.165) is 38.2 Å². The number of Topliss-reactive ketones (excluding diaryl/α,β-unsaturated/α-hetero) is 1. The number of nitrogens with two attached hydrogens (primary N) is 1. The number of anilines is 1. The van der Waals surface area contributed by atoms with Gasteiger partial charge in [-0.2, -0.15) is 0 Å². The van der Waals surface area contributed by atoms with Crippen LogP contribution < -0.4 is 16.1 Å². The third-order valence-corrected chi connectivity index (χ3v) is 19.7. The Bertz CT molecular complexity index is 2430. The number of ketones is 1. The molecule has 2 aromatic rings. The first kappa shape index (κ1) is 49.5. The fraction of sp³-hybridized carbons (Fsp3) is 0.712. The molecule has 3 saturated heterocycles. The smallest absolute Gasteiger partial charge is 0.343 e. The minimum Gasteiger partial charge on any atom is -0.461 e. The summed E-state index contributed by atoms with van der Waals surface area (Å²) in [7, 11) is 2.20. The number of thioether (sulfide) groups is 1. The number of carbonyl (C=O) groups is 4. The van der Waals surface area contributed by atoms with Crippen molar-refractivity contribution in [1.82, 2.24) is 9.47 Å². The van der Waals surface area contributed by atoms with Crippen LogP contribution in [-0.2, 0) is 28.6 Å². The Hall–Kier alpha value is -3.53. The lowest BCUT2D eigenvalue weighted by molar-refractivity contribution is -0.192. The van der Waals surface area contributed by atoms with E-state index in [2.05, 4.69) is 25.5 Å². The summed E-state index contributed by atoms with van der Waals surface area (Å²) in [4.78, 5) is 74.0. The van der Waals surface area contributed by atoms with Crippen molar-refractivity contribution >= 4 is 63.6 Å². The molecule has 9 rings (SSSR count). The van der Waals surface area contributed by atoms with E-state index in [1.807, 2.05) is 27.7 Å². The quantitative estimate of drug-likeness (QED) is 0.110. The number of ether oxygens (including phenoxy) is 3. The van der Waals surface area contributed by atoms with Crippen molar-refractivity contribution < 1.29 is 42.2 Å². The summed E-state index contributed by atoms with van der Waals surface area (Å²) in [6.45, 7) is 14.8. The largest absolute Gasteiger partial charge is 0.461 e. The van der Waals surface area contributed by atoms with Gasteiger partial charge in [0.05, 0.1) is 39.8 Å². The molecule has 1 aromatic heterocycles. The molecule has 1 spiro atoms. The third kappa shape index (κ3) is 8.52. The Morgan fingerprint density at radius 3 is 2.37 bits per heavy atom. The van der Waals surface area contributed by atoms with Crippen molar-refractivity contribution in [3.8, 4) is 0 Å². The monoisotopic (exact) mass is 982 g/mol. The molecule has 1 aromatic carbocycles. The van der Waals surface area contributed by atoms with Crippen LogP contribution >= 0.6 is 23.4 Å². The molecule has 2 bridgehead atoms. The molecule has 7 aliphatic rings. The lowest BCUT2D eigenvalue weighted by atomic mass is 9.50. The van der Waals surface area contributed by atoms with E-state index in [1.165, 1.54) is 23.6 Å². The van der Waals surface area contributed by atoms with Crippen LogP contribution in [0.2, 0.25) is 5.02 Å². The van der Waals surface area contributed by atoms with Crippen molar-refractivity contribution in [3.05, 3.63) is 51.5 Å². The van der Waals surface area contributed by atoms with E-state index in [-0.39, 0.29) is 75.8 Å². The van der Waals surface area contributed by atoms with E-state index >= 15 is 4.39 Å². The molecule has 68 heavy (non-hydrogen) atoms. The van der Waals surface area contributed by atoms with Gasteiger partial charge in [0.25, 0.3) is 0 Å². The maximum absolute atomic E-state index is 16.0. The second kappa shape index (κ2) is 18.3. The predicted octanol–water partition coefficient (Wildman–Crippen LogP) is 8.76. The number of alkyl halides is 1. The summed E-state index contributed by atoms with van der Waals surface area (Å²) >= 11 is 8.58. The minimum absolute atomic E-state index is 0.0470. The maximum Gasteiger partial charge on any atom is 0.343 e. The van der Waals surface area contributed by atoms with Gasteiger partial charge < -0.3 is 34.3 Å². The molecule has 0 radical (unpaired) electrons. The second-order valence-electron chi connectivity index (χ2n) is 22.5. The van der Waals surface area contributed by atoms with Crippen LogP contribution in [0.5, 0.6) is 0 Å². The summed E-state index contributed by atoms with van der Waals surface area (Å²) in [6.07, 6.45) is 9.04. The van der Waals surface area contributed by atoms with Gasteiger partial charge >= 0.3 is 17.9 Å². The molecule has 16 heteroatoms. The van der Waals surface area contributed by atoms with Gasteiger partial charge in [-0.1, -0.05) is 58.7 Å². The van der Waals surface area contributed by atoms with E-state index in [1.54, 1.807) is 22.7 Å². The van der Waals surface area contributed by atoms with Crippen molar-refractivity contribution in [2.45, 2.75) is 166 Å². The Balaban J connectivity index is 0.922. The van der Waals surface area contributed by atoms with Crippen molar-refractivity contribution in [1.29, 1.82) is 0 Å². The van der Waals surface area contributed by atoms with Gasteiger partial charge in [-0.25, -0.2) is 13.6 Å². The second-order valence-corrected chi connectivity index (χ2v) is 24.2. The summed E-state index contributed by atoms with van der Waals surface area (Å²) in [5, 5.41) is 0.146. The molecule has 12 nitrogen and oxygen atoms in total. The lowest BCUT2D eigenvalue weighted by Gasteiger charge is -2.56. The van der Waals surface area contributed by atoms with Crippen LogP contribution in [-0.4, -0.2) is 107 Å². The Labute approximate surface area is 407 Å². The molecule has 0 amide bonds. The number of aromatic nitrogens is 1. The molecule has 5 unspecified atom stereocenters. The Kier molecular flexibility index (Phi) is 13.3. The number of halogens is 3. The topological polar surface area (TPSA) is 150 Å². The summed E-state index contributed by atoms with van der Waals surface area (Å²) < 4.78 is 50.7.